The summed E-state index contributed by atoms with van der Waals surface area (Å²) in [5, 5.41) is 11.9. The fraction of sp³-hybridized carbons (Fsp3) is 0.364. The second-order valence-electron chi connectivity index (χ2n) is 4.22. The molecule has 3 rings (SSSR count). The van der Waals surface area contributed by atoms with E-state index in [1.807, 2.05) is 29.8 Å². The topological polar surface area (TPSA) is 69.6 Å². The second-order valence-corrected chi connectivity index (χ2v) is 4.22. The first-order chi connectivity index (χ1) is 7.77. The Morgan fingerprint density at radius 3 is 2.88 bits per heavy atom. The van der Waals surface area contributed by atoms with Crippen molar-refractivity contribution in [3.8, 4) is 11.4 Å². The van der Waals surface area contributed by atoms with E-state index in [4.69, 9.17) is 5.73 Å². The molecule has 0 amide bonds. The predicted molar refractivity (Wildman–Crippen MR) is 60.7 cm³/mol. The number of hydrogen-bond acceptors (Lipinski definition) is 4. The first-order valence-electron chi connectivity index (χ1n) is 5.40. The number of hydrogen-bond donors (Lipinski definition) is 1. The number of rotatable bonds is 2. The van der Waals surface area contributed by atoms with Crippen LogP contribution in [0.4, 0.5) is 5.69 Å². The molecule has 16 heavy (non-hydrogen) atoms. The lowest BCUT2D eigenvalue weighted by Crippen LogP contribution is -2.03. The highest BCUT2D eigenvalue weighted by atomic mass is 15.6. The van der Waals surface area contributed by atoms with E-state index < -0.39 is 0 Å². The Labute approximate surface area is 93.3 Å². The van der Waals surface area contributed by atoms with E-state index in [9.17, 15) is 0 Å². The van der Waals surface area contributed by atoms with E-state index in [0.29, 0.717) is 6.04 Å². The second kappa shape index (κ2) is 3.30. The highest BCUT2D eigenvalue weighted by molar-refractivity contribution is 5.74. The molecule has 1 aliphatic carbocycles. The average Bonchev–Trinajstić information content (AvgIpc) is 2.99. The number of nitrogens with zero attached hydrogens (tertiary/aromatic N) is 4. The number of anilines is 1. The smallest absolute Gasteiger partial charge is 0.184 e. The van der Waals surface area contributed by atoms with Gasteiger partial charge in [-0.3, -0.25) is 0 Å². The van der Waals surface area contributed by atoms with Gasteiger partial charge in [-0.05, 0) is 41.8 Å². The Balaban J connectivity index is 2.17. The fourth-order valence-electron chi connectivity index (χ4n) is 1.92. The number of nitrogens with two attached hydrogens (primary N) is 1. The summed E-state index contributed by atoms with van der Waals surface area (Å²) in [4.78, 5) is 0. The van der Waals surface area contributed by atoms with Gasteiger partial charge in [-0.15, -0.1) is 5.10 Å². The van der Waals surface area contributed by atoms with Crippen LogP contribution in [0.1, 0.15) is 24.4 Å². The van der Waals surface area contributed by atoms with Crippen molar-refractivity contribution in [2.45, 2.75) is 25.8 Å². The summed E-state index contributed by atoms with van der Waals surface area (Å²) in [5.41, 5.74) is 8.79. The number of aromatic nitrogens is 4. The van der Waals surface area contributed by atoms with Crippen molar-refractivity contribution in [2.24, 2.45) is 0 Å². The van der Waals surface area contributed by atoms with E-state index in [0.717, 1.165) is 35.5 Å². The van der Waals surface area contributed by atoms with Crippen molar-refractivity contribution in [1.29, 1.82) is 0 Å². The molecule has 0 spiro atoms. The van der Waals surface area contributed by atoms with Crippen LogP contribution in [0.2, 0.25) is 0 Å². The summed E-state index contributed by atoms with van der Waals surface area (Å²) in [6.07, 6.45) is 2.31. The van der Waals surface area contributed by atoms with E-state index in [-0.39, 0.29) is 0 Å². The van der Waals surface area contributed by atoms with Gasteiger partial charge in [0.1, 0.15) is 0 Å². The van der Waals surface area contributed by atoms with Gasteiger partial charge in [0, 0.05) is 11.3 Å². The standard InChI is InChI=1S/C11H13N5/c1-7-3-2-4-9(12)10(7)11-13-14-15-16(11)8-5-6-8/h2-4,8H,5-6,12H2,1H3. The minimum atomic E-state index is 0.462. The molecule has 2 N–H and O–H groups in total. The molecule has 1 aliphatic rings. The molecule has 1 aromatic carbocycles. The lowest BCUT2D eigenvalue weighted by molar-refractivity contribution is 0.615. The minimum absolute atomic E-state index is 0.462. The Morgan fingerprint density at radius 1 is 1.38 bits per heavy atom. The number of benzene rings is 1. The molecule has 5 heteroatoms. The van der Waals surface area contributed by atoms with Gasteiger partial charge in [-0.25, -0.2) is 4.68 Å². The third kappa shape index (κ3) is 1.36. The van der Waals surface area contributed by atoms with E-state index in [1.54, 1.807) is 0 Å². The minimum Gasteiger partial charge on any atom is -0.398 e. The monoisotopic (exact) mass is 215 g/mol. The summed E-state index contributed by atoms with van der Waals surface area (Å²) in [6.45, 7) is 2.03. The van der Waals surface area contributed by atoms with Crippen LogP contribution in [-0.4, -0.2) is 20.2 Å². The van der Waals surface area contributed by atoms with Gasteiger partial charge in [0.15, 0.2) is 5.82 Å². The maximum Gasteiger partial charge on any atom is 0.184 e. The number of nitrogen functional groups attached to an aromatic ring is 1. The van der Waals surface area contributed by atoms with Gasteiger partial charge < -0.3 is 5.73 Å². The lowest BCUT2D eigenvalue weighted by atomic mass is 10.1. The molecule has 0 unspecified atom stereocenters. The molecular weight excluding hydrogens is 202 g/mol. The molecule has 1 heterocycles. The number of tetrazole rings is 1. The number of aryl methyl sites for hydroxylation is 1. The van der Waals surface area contributed by atoms with Gasteiger partial charge >= 0.3 is 0 Å². The zero-order valence-electron chi connectivity index (χ0n) is 9.09. The summed E-state index contributed by atoms with van der Waals surface area (Å²) in [7, 11) is 0. The van der Waals surface area contributed by atoms with Crippen molar-refractivity contribution < 1.29 is 0 Å². The van der Waals surface area contributed by atoms with Crippen molar-refractivity contribution >= 4 is 5.69 Å². The van der Waals surface area contributed by atoms with Crippen LogP contribution in [0.5, 0.6) is 0 Å². The summed E-state index contributed by atoms with van der Waals surface area (Å²) in [5.74, 6) is 0.790. The zero-order valence-corrected chi connectivity index (χ0v) is 9.09. The SMILES string of the molecule is Cc1cccc(N)c1-c1nnnn1C1CC1. The molecule has 1 aromatic heterocycles. The molecule has 1 fully saturated rings. The van der Waals surface area contributed by atoms with Crippen LogP contribution < -0.4 is 5.73 Å². The Kier molecular flexibility index (Phi) is 1.92. The molecule has 0 saturated heterocycles. The average molecular weight is 215 g/mol. The normalized spacial score (nSPS) is 15.3. The lowest BCUT2D eigenvalue weighted by Gasteiger charge is -2.08. The highest BCUT2D eigenvalue weighted by Gasteiger charge is 2.29. The van der Waals surface area contributed by atoms with Gasteiger partial charge in [0.25, 0.3) is 0 Å². The first kappa shape index (κ1) is 9.33. The van der Waals surface area contributed by atoms with Gasteiger partial charge in [-0.2, -0.15) is 0 Å². The van der Waals surface area contributed by atoms with Crippen LogP contribution >= 0.6 is 0 Å². The first-order valence-corrected chi connectivity index (χ1v) is 5.40. The molecule has 5 nitrogen and oxygen atoms in total. The van der Waals surface area contributed by atoms with Crippen molar-refractivity contribution in [1.82, 2.24) is 20.2 Å². The van der Waals surface area contributed by atoms with Gasteiger partial charge in [0.2, 0.25) is 0 Å². The van der Waals surface area contributed by atoms with Crippen LogP contribution in [-0.2, 0) is 0 Å². The Bertz CT molecular complexity index is 507. The van der Waals surface area contributed by atoms with Crippen molar-refractivity contribution in [3.05, 3.63) is 23.8 Å². The van der Waals surface area contributed by atoms with Gasteiger partial charge in [-0.1, -0.05) is 12.1 Å². The van der Waals surface area contributed by atoms with E-state index in [2.05, 4.69) is 15.5 Å². The van der Waals surface area contributed by atoms with Crippen LogP contribution in [0, 0.1) is 6.92 Å². The highest BCUT2D eigenvalue weighted by Crippen LogP contribution is 2.38. The van der Waals surface area contributed by atoms with Gasteiger partial charge in [0.05, 0.1) is 6.04 Å². The Hall–Kier alpha value is -1.91. The third-order valence-electron chi connectivity index (χ3n) is 2.91. The van der Waals surface area contributed by atoms with Crippen molar-refractivity contribution in [2.75, 3.05) is 5.73 Å². The predicted octanol–water partition coefficient (Wildman–Crippen LogP) is 1.57. The molecule has 2 aromatic rings. The molecule has 1 saturated carbocycles. The maximum atomic E-state index is 5.99. The summed E-state index contributed by atoms with van der Waals surface area (Å²) in [6, 6.07) is 6.31. The summed E-state index contributed by atoms with van der Waals surface area (Å²) >= 11 is 0. The van der Waals surface area contributed by atoms with Crippen LogP contribution in [0.25, 0.3) is 11.4 Å². The van der Waals surface area contributed by atoms with Crippen molar-refractivity contribution in [3.63, 3.8) is 0 Å². The largest absolute Gasteiger partial charge is 0.398 e. The molecule has 0 bridgehead atoms. The molecule has 0 radical (unpaired) electrons. The quantitative estimate of drug-likeness (QED) is 0.772. The molecular formula is C11H13N5. The Morgan fingerprint density at radius 2 is 2.19 bits per heavy atom. The zero-order chi connectivity index (χ0) is 11.1. The van der Waals surface area contributed by atoms with Crippen LogP contribution in [0.15, 0.2) is 18.2 Å². The van der Waals surface area contributed by atoms with E-state index >= 15 is 0 Å². The third-order valence-corrected chi connectivity index (χ3v) is 2.91. The molecule has 0 aliphatic heterocycles. The maximum absolute atomic E-state index is 5.99. The molecule has 82 valence electrons. The molecule has 0 atom stereocenters. The summed E-state index contributed by atoms with van der Waals surface area (Å²) < 4.78 is 1.89. The van der Waals surface area contributed by atoms with Crippen LogP contribution in [0.3, 0.4) is 0 Å². The fourth-order valence-corrected chi connectivity index (χ4v) is 1.92. The van der Waals surface area contributed by atoms with E-state index in [1.165, 1.54) is 0 Å².